The molecular formula is C10H12N2O2. The molecule has 0 aliphatic rings. The summed E-state index contributed by atoms with van der Waals surface area (Å²) in [6, 6.07) is 3.68. The Morgan fingerprint density at radius 3 is 3.07 bits per heavy atom. The Hall–Kier alpha value is -1.60. The highest BCUT2D eigenvalue weighted by molar-refractivity contribution is 5.39. The van der Waals surface area contributed by atoms with Crippen molar-refractivity contribution in [2.45, 2.75) is 6.92 Å². The molecule has 0 N–H and O–H groups in total. The second-order valence-electron chi connectivity index (χ2n) is 2.53. The third kappa shape index (κ3) is 3.04. The van der Waals surface area contributed by atoms with E-state index in [0.717, 1.165) is 0 Å². The van der Waals surface area contributed by atoms with Crippen LogP contribution < -0.4 is 4.74 Å². The largest absolute Gasteiger partial charge is 0.490 e. The fourth-order valence-electron chi connectivity index (χ4n) is 0.946. The molecule has 0 saturated heterocycles. The molecular weight excluding hydrogens is 180 g/mol. The Kier molecular flexibility index (Phi) is 4.45. The highest BCUT2D eigenvalue weighted by Gasteiger charge is 2.01. The maximum atomic E-state index is 8.72. The summed E-state index contributed by atoms with van der Waals surface area (Å²) in [4.78, 5) is 3.83. The number of pyridine rings is 1. The van der Waals surface area contributed by atoms with Gasteiger partial charge in [0.25, 0.3) is 0 Å². The summed E-state index contributed by atoms with van der Waals surface area (Å²) < 4.78 is 10.4. The normalized spacial score (nSPS) is 9.43. The first-order valence-electron chi connectivity index (χ1n) is 4.43. The van der Waals surface area contributed by atoms with Gasteiger partial charge >= 0.3 is 0 Å². The fraction of sp³-hybridized carbons (Fsp3) is 0.400. The summed E-state index contributed by atoms with van der Waals surface area (Å²) in [5, 5.41) is 8.72. The van der Waals surface area contributed by atoms with Gasteiger partial charge in [0.05, 0.1) is 6.61 Å². The minimum Gasteiger partial charge on any atom is -0.490 e. The highest BCUT2D eigenvalue weighted by atomic mass is 16.5. The summed E-state index contributed by atoms with van der Waals surface area (Å²) in [5.41, 5.74) is 0.448. The molecule has 0 atom stereocenters. The maximum Gasteiger partial charge on any atom is 0.140 e. The van der Waals surface area contributed by atoms with Crippen molar-refractivity contribution in [1.29, 1.82) is 5.26 Å². The molecule has 0 aliphatic carbocycles. The molecule has 1 rings (SSSR count). The van der Waals surface area contributed by atoms with Crippen LogP contribution in [0.2, 0.25) is 0 Å². The first kappa shape index (κ1) is 10.5. The summed E-state index contributed by atoms with van der Waals surface area (Å²) in [7, 11) is 0. The molecule has 1 aromatic rings. The smallest absolute Gasteiger partial charge is 0.140 e. The lowest BCUT2D eigenvalue weighted by Crippen LogP contribution is -2.07. The number of nitriles is 1. The van der Waals surface area contributed by atoms with E-state index in [1.54, 1.807) is 12.3 Å². The van der Waals surface area contributed by atoms with Crippen LogP contribution in [-0.2, 0) is 4.74 Å². The SMILES string of the molecule is CCOCCOc1ccncc1C#N. The van der Waals surface area contributed by atoms with Crippen LogP contribution in [0.25, 0.3) is 0 Å². The fourth-order valence-corrected chi connectivity index (χ4v) is 0.946. The van der Waals surface area contributed by atoms with E-state index in [4.69, 9.17) is 14.7 Å². The molecule has 0 aliphatic heterocycles. The van der Waals surface area contributed by atoms with Gasteiger partial charge in [0.1, 0.15) is 24.0 Å². The number of ether oxygens (including phenoxy) is 2. The van der Waals surface area contributed by atoms with E-state index in [2.05, 4.69) is 4.98 Å². The standard InChI is InChI=1S/C10H12N2O2/c1-2-13-5-6-14-10-3-4-12-8-9(10)7-11/h3-4,8H,2,5-6H2,1H3. The molecule has 14 heavy (non-hydrogen) atoms. The maximum absolute atomic E-state index is 8.72. The van der Waals surface area contributed by atoms with Gasteiger partial charge in [0.2, 0.25) is 0 Å². The van der Waals surface area contributed by atoms with Gasteiger partial charge in [0, 0.05) is 19.0 Å². The van der Waals surface area contributed by atoms with Crippen LogP contribution in [0.4, 0.5) is 0 Å². The van der Waals surface area contributed by atoms with Crippen molar-refractivity contribution < 1.29 is 9.47 Å². The molecule has 0 aromatic carbocycles. The van der Waals surface area contributed by atoms with Crippen LogP contribution in [0, 0.1) is 11.3 Å². The molecule has 1 heterocycles. The van der Waals surface area contributed by atoms with Crippen LogP contribution in [0.15, 0.2) is 18.5 Å². The summed E-state index contributed by atoms with van der Waals surface area (Å²) >= 11 is 0. The molecule has 0 saturated carbocycles. The zero-order chi connectivity index (χ0) is 10.2. The van der Waals surface area contributed by atoms with E-state index in [-0.39, 0.29) is 0 Å². The Morgan fingerprint density at radius 1 is 1.50 bits per heavy atom. The molecule has 0 fully saturated rings. The van der Waals surface area contributed by atoms with Gasteiger partial charge in [-0.2, -0.15) is 5.26 Å². The molecule has 4 nitrogen and oxygen atoms in total. The first-order valence-corrected chi connectivity index (χ1v) is 4.43. The van der Waals surface area contributed by atoms with Crippen molar-refractivity contribution in [1.82, 2.24) is 4.98 Å². The Morgan fingerprint density at radius 2 is 2.36 bits per heavy atom. The van der Waals surface area contributed by atoms with E-state index in [1.165, 1.54) is 6.20 Å². The summed E-state index contributed by atoms with van der Waals surface area (Å²) in [5.74, 6) is 0.558. The molecule has 0 spiro atoms. The summed E-state index contributed by atoms with van der Waals surface area (Å²) in [6.07, 6.45) is 3.08. The van der Waals surface area contributed by atoms with E-state index in [1.807, 2.05) is 13.0 Å². The van der Waals surface area contributed by atoms with Gasteiger partial charge in [0.15, 0.2) is 0 Å². The van der Waals surface area contributed by atoms with Crippen LogP contribution in [-0.4, -0.2) is 24.8 Å². The average Bonchev–Trinajstić information content (AvgIpc) is 2.25. The number of rotatable bonds is 5. The van der Waals surface area contributed by atoms with Gasteiger partial charge in [-0.05, 0) is 13.0 Å². The van der Waals surface area contributed by atoms with Gasteiger partial charge in [-0.25, -0.2) is 0 Å². The highest BCUT2D eigenvalue weighted by Crippen LogP contribution is 2.14. The van der Waals surface area contributed by atoms with E-state index >= 15 is 0 Å². The van der Waals surface area contributed by atoms with E-state index in [0.29, 0.717) is 31.1 Å². The van der Waals surface area contributed by atoms with Crippen LogP contribution in [0.5, 0.6) is 5.75 Å². The summed E-state index contributed by atoms with van der Waals surface area (Å²) in [6.45, 7) is 3.58. The lowest BCUT2D eigenvalue weighted by molar-refractivity contribution is 0.110. The Bertz CT molecular complexity index is 320. The zero-order valence-electron chi connectivity index (χ0n) is 8.06. The van der Waals surface area contributed by atoms with Crippen molar-refractivity contribution in [2.24, 2.45) is 0 Å². The van der Waals surface area contributed by atoms with Crippen molar-refractivity contribution in [3.05, 3.63) is 24.0 Å². The molecule has 4 heteroatoms. The molecule has 0 bridgehead atoms. The van der Waals surface area contributed by atoms with Gasteiger partial charge in [-0.3, -0.25) is 4.98 Å². The number of nitrogens with zero attached hydrogens (tertiary/aromatic N) is 2. The van der Waals surface area contributed by atoms with Gasteiger partial charge in [-0.15, -0.1) is 0 Å². The molecule has 74 valence electrons. The van der Waals surface area contributed by atoms with Crippen LogP contribution >= 0.6 is 0 Å². The van der Waals surface area contributed by atoms with Crippen LogP contribution in [0.1, 0.15) is 12.5 Å². The third-order valence-corrected chi connectivity index (χ3v) is 1.59. The van der Waals surface area contributed by atoms with Gasteiger partial charge in [-0.1, -0.05) is 0 Å². The molecule has 0 amide bonds. The lowest BCUT2D eigenvalue weighted by Gasteiger charge is -2.06. The van der Waals surface area contributed by atoms with Crippen molar-refractivity contribution in [3.8, 4) is 11.8 Å². The number of aromatic nitrogens is 1. The van der Waals surface area contributed by atoms with Crippen molar-refractivity contribution in [3.63, 3.8) is 0 Å². The molecule has 0 radical (unpaired) electrons. The molecule has 0 unspecified atom stereocenters. The third-order valence-electron chi connectivity index (χ3n) is 1.59. The first-order chi connectivity index (χ1) is 6.88. The van der Waals surface area contributed by atoms with Crippen LogP contribution in [0.3, 0.4) is 0 Å². The number of hydrogen-bond acceptors (Lipinski definition) is 4. The average molecular weight is 192 g/mol. The Balaban J connectivity index is 2.46. The second-order valence-corrected chi connectivity index (χ2v) is 2.53. The van der Waals surface area contributed by atoms with Gasteiger partial charge < -0.3 is 9.47 Å². The predicted octanol–water partition coefficient (Wildman–Crippen LogP) is 1.37. The van der Waals surface area contributed by atoms with Crippen molar-refractivity contribution >= 4 is 0 Å². The zero-order valence-corrected chi connectivity index (χ0v) is 8.06. The number of hydrogen-bond donors (Lipinski definition) is 0. The van der Waals surface area contributed by atoms with E-state index in [9.17, 15) is 0 Å². The minimum absolute atomic E-state index is 0.448. The second kappa shape index (κ2) is 5.95. The van der Waals surface area contributed by atoms with Crippen molar-refractivity contribution in [2.75, 3.05) is 19.8 Å². The van der Waals surface area contributed by atoms with E-state index < -0.39 is 0 Å². The predicted molar refractivity (Wildman–Crippen MR) is 50.9 cm³/mol. The Labute approximate surface area is 83.1 Å². The lowest BCUT2D eigenvalue weighted by atomic mass is 10.3. The monoisotopic (exact) mass is 192 g/mol. The quantitative estimate of drug-likeness (QED) is 0.661. The minimum atomic E-state index is 0.448. The topological polar surface area (TPSA) is 55.1 Å². The molecule has 1 aromatic heterocycles.